The predicted molar refractivity (Wildman–Crippen MR) is 98.8 cm³/mol. The second-order valence-electron chi connectivity index (χ2n) is 5.71. The third-order valence-electron chi connectivity index (χ3n) is 3.77. The maximum absolute atomic E-state index is 14.1. The van der Waals surface area contributed by atoms with Gasteiger partial charge in [0.1, 0.15) is 6.61 Å². The summed E-state index contributed by atoms with van der Waals surface area (Å²) in [7, 11) is -4.85. The molecule has 1 amide bonds. The molecule has 158 valence electrons. The Kier molecular flexibility index (Phi) is 9.20. The minimum Gasteiger partial charge on any atom is -0.445 e. The first kappa shape index (κ1) is 24.2. The van der Waals surface area contributed by atoms with Crippen LogP contribution in [0.25, 0.3) is 0 Å². The number of nitrogens with one attached hydrogen (secondary N) is 1. The van der Waals surface area contributed by atoms with E-state index in [0.717, 1.165) is 0 Å². The summed E-state index contributed by atoms with van der Waals surface area (Å²) in [5.41, 5.74) is 0.583. The number of carbonyl (C=O) groups is 1. The number of amides is 1. The van der Waals surface area contributed by atoms with Crippen molar-refractivity contribution >= 4 is 13.7 Å². The Balaban J connectivity index is 3.21. The predicted octanol–water partition coefficient (Wildman–Crippen LogP) is 5.40. The van der Waals surface area contributed by atoms with Crippen molar-refractivity contribution in [3.8, 4) is 0 Å². The highest BCUT2D eigenvalue weighted by Crippen LogP contribution is 2.66. The fraction of sp³-hybridized carbons (Fsp3) is 0.500. The van der Waals surface area contributed by atoms with Crippen molar-refractivity contribution in [2.24, 2.45) is 0 Å². The van der Waals surface area contributed by atoms with Crippen LogP contribution in [0.3, 0.4) is 0 Å². The topological polar surface area (TPSA) is 73.9 Å². The Bertz CT molecular complexity index is 674. The van der Waals surface area contributed by atoms with Gasteiger partial charge in [-0.15, -0.1) is 6.58 Å². The van der Waals surface area contributed by atoms with Crippen molar-refractivity contribution in [1.29, 1.82) is 0 Å². The van der Waals surface area contributed by atoms with Crippen molar-refractivity contribution in [3.05, 3.63) is 48.6 Å². The number of hydrogen-bond donors (Lipinski definition) is 1. The molecule has 6 nitrogen and oxygen atoms in total. The van der Waals surface area contributed by atoms with Gasteiger partial charge >= 0.3 is 19.9 Å². The van der Waals surface area contributed by atoms with Gasteiger partial charge in [-0.2, -0.15) is 13.2 Å². The fourth-order valence-corrected chi connectivity index (χ4v) is 4.61. The van der Waals surface area contributed by atoms with E-state index in [4.69, 9.17) is 13.8 Å². The van der Waals surface area contributed by atoms with E-state index in [9.17, 15) is 22.5 Å². The zero-order valence-electron chi connectivity index (χ0n) is 15.8. The second kappa shape index (κ2) is 10.6. The number of benzene rings is 1. The molecule has 1 unspecified atom stereocenters. The normalized spacial score (nSPS) is 14.2. The molecule has 0 spiro atoms. The maximum atomic E-state index is 14.1. The number of alkyl carbamates (subject to hydrolysis) is 1. The quantitative estimate of drug-likeness (QED) is 0.381. The Labute approximate surface area is 162 Å². The van der Waals surface area contributed by atoms with Gasteiger partial charge in [-0.3, -0.25) is 9.88 Å². The number of rotatable bonds is 11. The molecule has 1 atom stereocenters. The van der Waals surface area contributed by atoms with Crippen molar-refractivity contribution in [3.63, 3.8) is 0 Å². The standard InChI is InChI=1S/C18H25F3NO5P/c1-4-7-13-17(18(19,20)21,28(24,26-5-2)27-6-3)22-16(23)25-14-15-11-9-8-10-12-15/h4,8-12H,1,5-7,13-14H2,2-3H3,(H,22,23). The van der Waals surface area contributed by atoms with Crippen molar-refractivity contribution < 1.29 is 36.3 Å². The third kappa shape index (κ3) is 5.83. The zero-order chi connectivity index (χ0) is 21.3. The number of halogens is 3. The van der Waals surface area contributed by atoms with Gasteiger partial charge in [0, 0.05) is 0 Å². The third-order valence-corrected chi connectivity index (χ3v) is 6.49. The molecule has 0 heterocycles. The van der Waals surface area contributed by atoms with Crippen LogP contribution in [0.2, 0.25) is 0 Å². The van der Waals surface area contributed by atoms with E-state index < -0.39 is 31.6 Å². The molecule has 0 aliphatic heterocycles. The first-order chi connectivity index (χ1) is 13.2. The molecule has 0 aliphatic carbocycles. The smallest absolute Gasteiger partial charge is 0.423 e. The molecule has 0 saturated carbocycles. The maximum Gasteiger partial charge on any atom is 0.423 e. The summed E-state index contributed by atoms with van der Waals surface area (Å²) in [6.07, 6.45) is -6.27. The van der Waals surface area contributed by atoms with Crippen LogP contribution in [0.5, 0.6) is 0 Å². The van der Waals surface area contributed by atoms with Crippen LogP contribution < -0.4 is 5.32 Å². The van der Waals surface area contributed by atoms with Gasteiger partial charge in [-0.25, -0.2) is 4.79 Å². The highest BCUT2D eigenvalue weighted by molar-refractivity contribution is 7.55. The van der Waals surface area contributed by atoms with Gasteiger partial charge in [0.15, 0.2) is 0 Å². The molecule has 28 heavy (non-hydrogen) atoms. The molecule has 1 rings (SSSR count). The largest absolute Gasteiger partial charge is 0.445 e. The van der Waals surface area contributed by atoms with Crippen molar-refractivity contribution in [2.75, 3.05) is 13.2 Å². The molecule has 0 aromatic heterocycles. The lowest BCUT2D eigenvalue weighted by molar-refractivity contribution is -0.176. The average Bonchev–Trinajstić information content (AvgIpc) is 2.63. The number of ether oxygens (including phenoxy) is 1. The van der Waals surface area contributed by atoms with Crippen LogP contribution in [0.15, 0.2) is 43.0 Å². The Morgan fingerprint density at radius 1 is 1.18 bits per heavy atom. The number of allylic oxidation sites excluding steroid dienone is 1. The van der Waals surface area contributed by atoms with Crippen LogP contribution in [0.1, 0.15) is 32.3 Å². The van der Waals surface area contributed by atoms with E-state index in [1.54, 1.807) is 35.6 Å². The average molecular weight is 423 g/mol. The van der Waals surface area contributed by atoms with Crippen LogP contribution >= 0.6 is 7.60 Å². The first-order valence-corrected chi connectivity index (χ1v) is 10.3. The lowest BCUT2D eigenvalue weighted by atomic mass is 10.1. The Hall–Kier alpha value is -1.83. The second-order valence-corrected chi connectivity index (χ2v) is 7.98. The van der Waals surface area contributed by atoms with E-state index in [1.807, 2.05) is 0 Å². The summed E-state index contributed by atoms with van der Waals surface area (Å²) in [5, 5.41) is -1.53. The van der Waals surface area contributed by atoms with E-state index in [2.05, 4.69) is 6.58 Å². The Morgan fingerprint density at radius 3 is 2.21 bits per heavy atom. The molecule has 1 N–H and O–H groups in total. The summed E-state index contributed by atoms with van der Waals surface area (Å²) in [4.78, 5) is 12.2. The summed E-state index contributed by atoms with van der Waals surface area (Å²) < 4.78 is 70.3. The molecule has 1 aromatic rings. The van der Waals surface area contributed by atoms with Gasteiger partial charge in [0.25, 0.3) is 0 Å². The fourth-order valence-electron chi connectivity index (χ4n) is 2.47. The highest BCUT2D eigenvalue weighted by Gasteiger charge is 2.68. The lowest BCUT2D eigenvalue weighted by Crippen LogP contribution is -2.59. The Morgan fingerprint density at radius 2 is 1.75 bits per heavy atom. The van der Waals surface area contributed by atoms with E-state index >= 15 is 0 Å². The van der Waals surface area contributed by atoms with Crippen molar-refractivity contribution in [1.82, 2.24) is 5.32 Å². The molecule has 10 heteroatoms. The van der Waals surface area contributed by atoms with Gasteiger partial charge in [-0.1, -0.05) is 36.4 Å². The first-order valence-electron chi connectivity index (χ1n) is 8.71. The van der Waals surface area contributed by atoms with E-state index in [0.29, 0.717) is 5.56 Å². The molecule has 0 radical (unpaired) electrons. The molecule has 0 bridgehead atoms. The number of hydrogen-bond acceptors (Lipinski definition) is 5. The summed E-state index contributed by atoms with van der Waals surface area (Å²) in [6.45, 7) is 5.30. The highest BCUT2D eigenvalue weighted by atomic mass is 31.2. The summed E-state index contributed by atoms with van der Waals surface area (Å²) >= 11 is 0. The zero-order valence-corrected chi connectivity index (χ0v) is 16.7. The molecular weight excluding hydrogens is 398 g/mol. The van der Waals surface area contributed by atoms with Gasteiger partial charge < -0.3 is 13.8 Å². The van der Waals surface area contributed by atoms with Crippen LogP contribution in [0, 0.1) is 0 Å². The number of carbonyl (C=O) groups excluding carboxylic acids is 1. The molecule has 0 saturated heterocycles. The summed E-state index contributed by atoms with van der Waals surface area (Å²) in [5.74, 6) is 0. The van der Waals surface area contributed by atoms with E-state index in [-0.39, 0.29) is 26.2 Å². The minimum absolute atomic E-state index is 0.192. The van der Waals surface area contributed by atoms with Gasteiger partial charge in [0.05, 0.1) is 13.2 Å². The van der Waals surface area contributed by atoms with Crippen LogP contribution in [-0.4, -0.2) is 30.8 Å². The van der Waals surface area contributed by atoms with Crippen LogP contribution in [-0.2, 0) is 25.0 Å². The SMILES string of the molecule is C=CCCC(NC(=O)OCc1ccccc1)(C(F)(F)F)P(=O)(OCC)OCC. The van der Waals surface area contributed by atoms with Gasteiger partial charge in [-0.05, 0) is 32.3 Å². The minimum atomic E-state index is -5.14. The van der Waals surface area contributed by atoms with Gasteiger partial charge in [0.2, 0.25) is 5.28 Å². The number of alkyl halides is 3. The lowest BCUT2D eigenvalue weighted by Gasteiger charge is -2.40. The monoisotopic (exact) mass is 423 g/mol. The molecule has 1 aromatic carbocycles. The summed E-state index contributed by atoms with van der Waals surface area (Å²) in [6, 6.07) is 8.42. The molecule has 0 aliphatic rings. The molecule has 0 fully saturated rings. The molecular formula is C18H25F3NO5P. The van der Waals surface area contributed by atoms with E-state index in [1.165, 1.54) is 19.9 Å². The van der Waals surface area contributed by atoms with Crippen LogP contribution in [0.4, 0.5) is 18.0 Å². The van der Waals surface area contributed by atoms with Crippen molar-refractivity contribution in [2.45, 2.75) is 44.8 Å².